The Bertz CT molecular complexity index is 865. The Morgan fingerprint density at radius 2 is 2.19 bits per heavy atom. The van der Waals surface area contributed by atoms with Crippen molar-refractivity contribution in [3.05, 3.63) is 47.7 Å². The van der Waals surface area contributed by atoms with Crippen LogP contribution >= 0.6 is 0 Å². The fraction of sp³-hybridized carbons (Fsp3) is 0.0714. The molecule has 3 heterocycles. The zero-order valence-electron chi connectivity index (χ0n) is 11.1. The van der Waals surface area contributed by atoms with Gasteiger partial charge in [0.1, 0.15) is 5.52 Å². The third kappa shape index (κ3) is 2.53. The van der Waals surface area contributed by atoms with Crippen LogP contribution in [0.3, 0.4) is 0 Å². The van der Waals surface area contributed by atoms with E-state index < -0.39 is 5.95 Å². The monoisotopic (exact) mass is 286 g/mol. The molecule has 3 aromatic rings. The predicted octanol–water partition coefficient (Wildman–Crippen LogP) is 2.28. The van der Waals surface area contributed by atoms with Gasteiger partial charge in [-0.05, 0) is 29.8 Å². The first-order chi connectivity index (χ1) is 10.2. The molecule has 0 aliphatic heterocycles. The average Bonchev–Trinajstić information content (AvgIpc) is 2.81. The lowest BCUT2D eigenvalue weighted by molar-refractivity contribution is 0.395. The molecule has 0 unspecified atom stereocenters. The van der Waals surface area contributed by atoms with Crippen LogP contribution < -0.4 is 10.4 Å². The standard InChI is InChI=1S/C14H11FN4O2/c1-20-12-5-3-10-13(18-12)21-14(16)19(10)7-6-9-2-4-11(15)17-8-9/h2-8,16H,1H3. The SMILES string of the molecule is COc1ccc2c(n1)oc(=N)n2C=Cc1ccc(F)nc1. The first-order valence-electron chi connectivity index (χ1n) is 6.08. The highest BCUT2D eigenvalue weighted by molar-refractivity contribution is 5.74. The van der Waals surface area contributed by atoms with E-state index in [1.165, 1.54) is 23.9 Å². The van der Waals surface area contributed by atoms with Gasteiger partial charge in [-0.15, -0.1) is 0 Å². The van der Waals surface area contributed by atoms with Crippen LogP contribution in [0.15, 0.2) is 34.9 Å². The van der Waals surface area contributed by atoms with Gasteiger partial charge in [0.25, 0.3) is 11.4 Å². The van der Waals surface area contributed by atoms with Crippen LogP contribution in [0.5, 0.6) is 5.88 Å². The van der Waals surface area contributed by atoms with Crippen molar-refractivity contribution in [1.29, 1.82) is 5.41 Å². The molecule has 0 bridgehead atoms. The number of methoxy groups -OCH3 is 1. The molecule has 0 aromatic carbocycles. The highest BCUT2D eigenvalue weighted by atomic mass is 19.1. The Kier molecular flexibility index (Phi) is 3.23. The summed E-state index contributed by atoms with van der Waals surface area (Å²) in [5.74, 6) is -0.124. The maximum Gasteiger partial charge on any atom is 0.300 e. The van der Waals surface area contributed by atoms with Crippen molar-refractivity contribution in [2.75, 3.05) is 7.11 Å². The molecule has 7 heteroatoms. The van der Waals surface area contributed by atoms with Gasteiger partial charge in [-0.3, -0.25) is 9.98 Å². The molecular weight excluding hydrogens is 275 g/mol. The van der Waals surface area contributed by atoms with E-state index in [1.54, 1.807) is 30.5 Å². The summed E-state index contributed by atoms with van der Waals surface area (Å²) in [4.78, 5) is 7.68. The summed E-state index contributed by atoms with van der Waals surface area (Å²) in [6.45, 7) is 0. The molecule has 21 heavy (non-hydrogen) atoms. The Hall–Kier alpha value is -2.96. The molecule has 0 spiro atoms. The summed E-state index contributed by atoms with van der Waals surface area (Å²) in [6.07, 6.45) is 4.74. The van der Waals surface area contributed by atoms with Crippen molar-refractivity contribution in [2.45, 2.75) is 0 Å². The lowest BCUT2D eigenvalue weighted by Gasteiger charge is -1.98. The maximum absolute atomic E-state index is 12.7. The largest absolute Gasteiger partial charge is 0.481 e. The molecular formula is C14H11FN4O2. The van der Waals surface area contributed by atoms with E-state index in [0.29, 0.717) is 22.7 Å². The molecule has 3 rings (SSSR count). The molecule has 0 radical (unpaired) electrons. The molecule has 0 saturated heterocycles. The number of nitrogens with one attached hydrogen (secondary N) is 1. The Balaban J connectivity index is 2.02. The third-order valence-electron chi connectivity index (χ3n) is 2.86. The number of halogens is 1. The fourth-order valence-electron chi connectivity index (χ4n) is 1.83. The van der Waals surface area contributed by atoms with Crippen LogP contribution in [0, 0.1) is 11.4 Å². The fourth-order valence-corrected chi connectivity index (χ4v) is 1.83. The lowest BCUT2D eigenvalue weighted by atomic mass is 10.3. The number of pyridine rings is 2. The number of fused-ring (bicyclic) bond motifs is 1. The quantitative estimate of drug-likeness (QED) is 0.749. The van der Waals surface area contributed by atoms with Crippen molar-refractivity contribution in [2.24, 2.45) is 0 Å². The van der Waals surface area contributed by atoms with E-state index >= 15 is 0 Å². The van der Waals surface area contributed by atoms with Crippen molar-refractivity contribution in [3.8, 4) is 5.88 Å². The van der Waals surface area contributed by atoms with Gasteiger partial charge in [0.15, 0.2) is 0 Å². The van der Waals surface area contributed by atoms with Crippen LogP contribution in [0.4, 0.5) is 4.39 Å². The van der Waals surface area contributed by atoms with Gasteiger partial charge in [-0.1, -0.05) is 0 Å². The number of hydrogen-bond acceptors (Lipinski definition) is 5. The summed E-state index contributed by atoms with van der Waals surface area (Å²) in [6, 6.07) is 6.29. The van der Waals surface area contributed by atoms with Crippen LogP contribution in [-0.4, -0.2) is 21.6 Å². The van der Waals surface area contributed by atoms with Gasteiger partial charge in [0.05, 0.1) is 7.11 Å². The number of rotatable bonds is 3. The van der Waals surface area contributed by atoms with Crippen molar-refractivity contribution >= 4 is 23.5 Å². The van der Waals surface area contributed by atoms with E-state index in [-0.39, 0.29) is 5.68 Å². The first-order valence-corrected chi connectivity index (χ1v) is 6.08. The van der Waals surface area contributed by atoms with Crippen LogP contribution in [0.25, 0.3) is 23.5 Å². The second kappa shape index (κ2) is 5.20. The molecule has 106 valence electrons. The topological polar surface area (TPSA) is 76.9 Å². The second-order valence-corrected chi connectivity index (χ2v) is 4.19. The smallest absolute Gasteiger partial charge is 0.300 e. The highest BCUT2D eigenvalue weighted by Crippen LogP contribution is 2.16. The lowest BCUT2D eigenvalue weighted by Crippen LogP contribution is -2.07. The van der Waals surface area contributed by atoms with Crippen molar-refractivity contribution in [1.82, 2.24) is 14.5 Å². The van der Waals surface area contributed by atoms with Gasteiger partial charge in [-0.2, -0.15) is 9.37 Å². The third-order valence-corrected chi connectivity index (χ3v) is 2.86. The van der Waals surface area contributed by atoms with Crippen molar-refractivity contribution < 1.29 is 13.5 Å². The number of nitrogens with zero attached hydrogens (tertiary/aromatic N) is 3. The number of aromatic nitrogens is 3. The first kappa shape index (κ1) is 13.0. The zero-order chi connectivity index (χ0) is 14.8. The molecule has 0 saturated carbocycles. The average molecular weight is 286 g/mol. The molecule has 3 aromatic heterocycles. The molecule has 1 N–H and O–H groups in total. The summed E-state index contributed by atoms with van der Waals surface area (Å²) in [5.41, 5.74) is 1.57. The van der Waals surface area contributed by atoms with E-state index in [0.717, 1.165) is 0 Å². The maximum atomic E-state index is 12.7. The number of hydrogen-bond donors (Lipinski definition) is 1. The summed E-state index contributed by atoms with van der Waals surface area (Å²) >= 11 is 0. The molecule has 0 atom stereocenters. The van der Waals surface area contributed by atoms with Gasteiger partial charge in [-0.25, -0.2) is 4.98 Å². The molecule has 6 nitrogen and oxygen atoms in total. The molecule has 0 fully saturated rings. The van der Waals surface area contributed by atoms with Crippen LogP contribution in [0.1, 0.15) is 5.56 Å². The summed E-state index contributed by atoms with van der Waals surface area (Å²) in [5, 5.41) is 7.82. The van der Waals surface area contributed by atoms with E-state index in [2.05, 4.69) is 9.97 Å². The minimum Gasteiger partial charge on any atom is -0.481 e. The van der Waals surface area contributed by atoms with Crippen LogP contribution in [0.2, 0.25) is 0 Å². The van der Waals surface area contributed by atoms with Gasteiger partial charge < -0.3 is 9.15 Å². The number of oxazole rings is 1. The highest BCUT2D eigenvalue weighted by Gasteiger charge is 2.07. The number of ether oxygens (including phenoxy) is 1. The predicted molar refractivity (Wildman–Crippen MR) is 73.8 cm³/mol. The normalized spacial score (nSPS) is 11.3. The molecule has 0 amide bonds. The summed E-state index contributed by atoms with van der Waals surface area (Å²) in [7, 11) is 1.51. The van der Waals surface area contributed by atoms with Gasteiger partial charge in [0.2, 0.25) is 11.8 Å². The Morgan fingerprint density at radius 1 is 1.33 bits per heavy atom. The van der Waals surface area contributed by atoms with Gasteiger partial charge in [0, 0.05) is 18.5 Å². The minimum atomic E-state index is -0.536. The van der Waals surface area contributed by atoms with E-state index in [1.807, 2.05) is 0 Å². The van der Waals surface area contributed by atoms with E-state index in [9.17, 15) is 4.39 Å². The van der Waals surface area contributed by atoms with Gasteiger partial charge >= 0.3 is 0 Å². The molecule has 0 aliphatic rings. The summed E-state index contributed by atoms with van der Waals surface area (Å²) < 4.78 is 24.5. The Labute approximate surface area is 118 Å². The molecule has 0 aliphatic carbocycles. The zero-order valence-corrected chi connectivity index (χ0v) is 11.1. The second-order valence-electron chi connectivity index (χ2n) is 4.19. The minimum absolute atomic E-state index is 0.0722. The van der Waals surface area contributed by atoms with Crippen LogP contribution in [-0.2, 0) is 0 Å². The van der Waals surface area contributed by atoms with E-state index in [4.69, 9.17) is 14.6 Å². The Morgan fingerprint density at radius 3 is 2.90 bits per heavy atom. The van der Waals surface area contributed by atoms with Crippen molar-refractivity contribution in [3.63, 3.8) is 0 Å².